The van der Waals surface area contributed by atoms with Gasteiger partial charge in [-0.05, 0) is 50.9 Å². The number of nitrogens with zero attached hydrogens (tertiary/aromatic N) is 1. The number of amides is 1. The summed E-state index contributed by atoms with van der Waals surface area (Å²) in [5.74, 6) is 0.470. The van der Waals surface area contributed by atoms with Crippen LogP contribution in [0.15, 0.2) is 24.3 Å². The van der Waals surface area contributed by atoms with Gasteiger partial charge in [0.25, 0.3) is 5.91 Å². The number of rotatable bonds is 5. The van der Waals surface area contributed by atoms with Gasteiger partial charge in [0.2, 0.25) is 0 Å². The molecule has 0 saturated carbocycles. The van der Waals surface area contributed by atoms with E-state index in [0.29, 0.717) is 11.6 Å². The van der Waals surface area contributed by atoms with Crippen LogP contribution in [-0.4, -0.2) is 36.5 Å². The van der Waals surface area contributed by atoms with Gasteiger partial charge in [0, 0.05) is 18.3 Å². The Labute approximate surface area is 121 Å². The first-order valence-corrected chi connectivity index (χ1v) is 7.44. The van der Waals surface area contributed by atoms with E-state index >= 15 is 0 Å². The monoisotopic (exact) mass is 275 g/mol. The fourth-order valence-corrected chi connectivity index (χ4v) is 2.77. The maximum atomic E-state index is 11.4. The number of anilines is 1. The lowest BCUT2D eigenvalue weighted by Crippen LogP contribution is -2.40. The SMILES string of the molecule is CC1CCN(CC(C)Nc2ccccc2C(N)=O)CC1. The topological polar surface area (TPSA) is 58.4 Å². The molecule has 0 spiro atoms. The van der Waals surface area contributed by atoms with Crippen LogP contribution >= 0.6 is 0 Å². The Balaban J connectivity index is 1.91. The maximum absolute atomic E-state index is 11.4. The zero-order chi connectivity index (χ0) is 14.5. The smallest absolute Gasteiger partial charge is 0.250 e. The lowest BCUT2D eigenvalue weighted by molar-refractivity contribution is 0.100. The van der Waals surface area contributed by atoms with E-state index < -0.39 is 0 Å². The Bertz CT molecular complexity index is 453. The summed E-state index contributed by atoms with van der Waals surface area (Å²) < 4.78 is 0. The summed E-state index contributed by atoms with van der Waals surface area (Å²) in [6.07, 6.45) is 2.56. The van der Waals surface area contributed by atoms with Crippen LogP contribution in [0.5, 0.6) is 0 Å². The number of likely N-dealkylation sites (tertiary alicyclic amines) is 1. The van der Waals surface area contributed by atoms with E-state index in [9.17, 15) is 4.79 Å². The lowest BCUT2D eigenvalue weighted by Gasteiger charge is -2.32. The van der Waals surface area contributed by atoms with Crippen LogP contribution in [0.3, 0.4) is 0 Å². The standard InChI is InChI=1S/C16H25N3O/c1-12-7-9-19(10-8-12)11-13(2)18-15-6-4-3-5-14(15)16(17)20/h3-6,12-13,18H,7-11H2,1-2H3,(H2,17,20). The van der Waals surface area contributed by atoms with Crippen molar-refractivity contribution in [3.8, 4) is 0 Å². The predicted molar refractivity (Wildman–Crippen MR) is 82.9 cm³/mol. The van der Waals surface area contributed by atoms with Crippen molar-refractivity contribution in [2.75, 3.05) is 25.0 Å². The molecule has 1 aromatic rings. The number of nitrogens with one attached hydrogen (secondary N) is 1. The molecule has 1 heterocycles. The zero-order valence-electron chi connectivity index (χ0n) is 12.4. The molecular formula is C16H25N3O. The summed E-state index contributed by atoms with van der Waals surface area (Å²) in [5, 5.41) is 3.41. The molecule has 1 aromatic carbocycles. The molecule has 1 atom stereocenters. The van der Waals surface area contributed by atoms with Gasteiger partial charge in [0.15, 0.2) is 0 Å². The van der Waals surface area contributed by atoms with Crippen LogP contribution in [-0.2, 0) is 0 Å². The highest BCUT2D eigenvalue weighted by Gasteiger charge is 2.18. The van der Waals surface area contributed by atoms with E-state index in [1.807, 2.05) is 18.2 Å². The molecular weight excluding hydrogens is 250 g/mol. The number of para-hydroxylation sites is 1. The molecule has 0 bridgehead atoms. The maximum Gasteiger partial charge on any atom is 0.250 e. The third-order valence-electron chi connectivity index (χ3n) is 4.00. The highest BCUT2D eigenvalue weighted by Crippen LogP contribution is 2.18. The number of hydrogen-bond donors (Lipinski definition) is 2. The van der Waals surface area contributed by atoms with E-state index in [4.69, 9.17) is 5.73 Å². The minimum Gasteiger partial charge on any atom is -0.381 e. The predicted octanol–water partition coefficient (Wildman–Crippen LogP) is 2.32. The fraction of sp³-hybridized carbons (Fsp3) is 0.562. The minimum atomic E-state index is -0.382. The summed E-state index contributed by atoms with van der Waals surface area (Å²) >= 11 is 0. The first kappa shape index (κ1) is 14.9. The summed E-state index contributed by atoms with van der Waals surface area (Å²) in [4.78, 5) is 13.9. The Morgan fingerprint density at radius 3 is 2.70 bits per heavy atom. The van der Waals surface area contributed by atoms with Crippen molar-refractivity contribution in [3.63, 3.8) is 0 Å². The molecule has 1 aliphatic rings. The van der Waals surface area contributed by atoms with Gasteiger partial charge in [-0.15, -0.1) is 0 Å². The van der Waals surface area contributed by atoms with E-state index in [-0.39, 0.29) is 5.91 Å². The Morgan fingerprint density at radius 2 is 2.05 bits per heavy atom. The van der Waals surface area contributed by atoms with Crippen molar-refractivity contribution in [3.05, 3.63) is 29.8 Å². The fourth-order valence-electron chi connectivity index (χ4n) is 2.77. The third kappa shape index (κ3) is 3.97. The summed E-state index contributed by atoms with van der Waals surface area (Å²) in [6, 6.07) is 7.73. The second-order valence-electron chi connectivity index (χ2n) is 5.94. The quantitative estimate of drug-likeness (QED) is 0.867. The minimum absolute atomic E-state index is 0.295. The van der Waals surface area contributed by atoms with Crippen molar-refractivity contribution < 1.29 is 4.79 Å². The molecule has 3 N–H and O–H groups in total. The average molecular weight is 275 g/mol. The van der Waals surface area contributed by atoms with Gasteiger partial charge in [0.05, 0.1) is 5.56 Å². The van der Waals surface area contributed by atoms with Gasteiger partial charge in [-0.25, -0.2) is 0 Å². The van der Waals surface area contributed by atoms with Gasteiger partial charge in [-0.1, -0.05) is 19.1 Å². The molecule has 110 valence electrons. The first-order valence-electron chi connectivity index (χ1n) is 7.44. The molecule has 0 radical (unpaired) electrons. The number of piperidine rings is 1. The molecule has 0 aliphatic carbocycles. The third-order valence-corrected chi connectivity index (χ3v) is 4.00. The molecule has 1 aliphatic heterocycles. The van der Waals surface area contributed by atoms with Gasteiger partial charge in [-0.2, -0.15) is 0 Å². The van der Waals surface area contributed by atoms with E-state index in [2.05, 4.69) is 24.1 Å². The van der Waals surface area contributed by atoms with Crippen LogP contribution in [0, 0.1) is 5.92 Å². The molecule has 1 unspecified atom stereocenters. The molecule has 4 heteroatoms. The van der Waals surface area contributed by atoms with Gasteiger partial charge in [0.1, 0.15) is 0 Å². The Morgan fingerprint density at radius 1 is 1.40 bits per heavy atom. The first-order chi connectivity index (χ1) is 9.56. The second-order valence-corrected chi connectivity index (χ2v) is 5.94. The lowest BCUT2D eigenvalue weighted by atomic mass is 9.99. The van der Waals surface area contributed by atoms with Crippen molar-refractivity contribution >= 4 is 11.6 Å². The largest absolute Gasteiger partial charge is 0.381 e. The van der Waals surface area contributed by atoms with Crippen LogP contribution in [0.1, 0.15) is 37.0 Å². The molecule has 1 saturated heterocycles. The van der Waals surface area contributed by atoms with Crippen LogP contribution in [0.25, 0.3) is 0 Å². The van der Waals surface area contributed by atoms with Crippen molar-refractivity contribution in [2.45, 2.75) is 32.7 Å². The Kier molecular flexibility index (Phi) is 5.01. The van der Waals surface area contributed by atoms with Crippen LogP contribution < -0.4 is 11.1 Å². The second kappa shape index (κ2) is 6.75. The number of carbonyl (C=O) groups is 1. The van der Waals surface area contributed by atoms with Crippen molar-refractivity contribution in [1.29, 1.82) is 0 Å². The number of hydrogen-bond acceptors (Lipinski definition) is 3. The average Bonchev–Trinajstić information content (AvgIpc) is 2.41. The van der Waals surface area contributed by atoms with E-state index in [1.54, 1.807) is 6.07 Å². The number of carbonyl (C=O) groups excluding carboxylic acids is 1. The van der Waals surface area contributed by atoms with Crippen LogP contribution in [0.4, 0.5) is 5.69 Å². The number of benzene rings is 1. The van der Waals surface area contributed by atoms with Gasteiger partial charge >= 0.3 is 0 Å². The van der Waals surface area contributed by atoms with Crippen molar-refractivity contribution in [1.82, 2.24) is 4.90 Å². The molecule has 0 aromatic heterocycles. The zero-order valence-corrected chi connectivity index (χ0v) is 12.4. The van der Waals surface area contributed by atoms with E-state index in [0.717, 1.165) is 18.2 Å². The Hall–Kier alpha value is -1.55. The summed E-state index contributed by atoms with van der Waals surface area (Å²) in [7, 11) is 0. The number of primary amides is 1. The number of nitrogens with two attached hydrogens (primary N) is 1. The molecule has 20 heavy (non-hydrogen) atoms. The normalized spacial score (nSPS) is 18.7. The van der Waals surface area contributed by atoms with Gasteiger partial charge < -0.3 is 16.0 Å². The van der Waals surface area contributed by atoms with Crippen molar-refractivity contribution in [2.24, 2.45) is 11.7 Å². The highest BCUT2D eigenvalue weighted by molar-refractivity contribution is 5.98. The molecule has 4 nitrogen and oxygen atoms in total. The van der Waals surface area contributed by atoms with Crippen LogP contribution in [0.2, 0.25) is 0 Å². The molecule has 2 rings (SSSR count). The summed E-state index contributed by atoms with van der Waals surface area (Å²) in [5.41, 5.74) is 6.79. The molecule has 1 fully saturated rings. The van der Waals surface area contributed by atoms with Gasteiger partial charge in [-0.3, -0.25) is 4.79 Å². The van der Waals surface area contributed by atoms with E-state index in [1.165, 1.54) is 25.9 Å². The summed E-state index contributed by atoms with van der Waals surface area (Å²) in [6.45, 7) is 7.81. The molecule has 1 amide bonds. The highest BCUT2D eigenvalue weighted by atomic mass is 16.1.